The molecule has 0 unspecified atom stereocenters. The van der Waals surface area contributed by atoms with Gasteiger partial charge in [0, 0.05) is 13.2 Å². The van der Waals surface area contributed by atoms with Crippen LogP contribution in [0.1, 0.15) is 38.5 Å². The van der Waals surface area contributed by atoms with Crippen molar-refractivity contribution in [1.82, 2.24) is 5.32 Å². The summed E-state index contributed by atoms with van der Waals surface area (Å²) in [6.07, 6.45) is 6.55. The number of rotatable bonds is 7. The molecule has 1 saturated carbocycles. The first-order valence-electron chi connectivity index (χ1n) is 9.20. The minimum atomic E-state index is -0.101. The molecule has 2 aromatic carbocycles. The molecule has 1 fully saturated rings. The topological polar surface area (TPSA) is 58.6 Å². The molecule has 0 aromatic heterocycles. The van der Waals surface area contributed by atoms with Crippen molar-refractivity contribution in [1.29, 1.82) is 0 Å². The Hall–Kier alpha value is -2.07. The van der Waals surface area contributed by atoms with Crippen LogP contribution in [0.5, 0.6) is 5.75 Å². The Morgan fingerprint density at radius 2 is 1.84 bits per heavy atom. The third-order valence-corrected chi connectivity index (χ3v) is 5.31. The van der Waals surface area contributed by atoms with E-state index in [2.05, 4.69) is 11.4 Å². The lowest BCUT2D eigenvalue weighted by Crippen LogP contribution is -2.41. The number of nitrogens with one attached hydrogen (secondary N) is 1. The summed E-state index contributed by atoms with van der Waals surface area (Å²) in [6.45, 7) is 0.838. The summed E-state index contributed by atoms with van der Waals surface area (Å²) in [6, 6.07) is 13.9. The molecule has 0 saturated heterocycles. The van der Waals surface area contributed by atoms with Gasteiger partial charge in [0.25, 0.3) is 5.91 Å². The second-order valence-corrected chi connectivity index (χ2v) is 7.11. The van der Waals surface area contributed by atoms with Gasteiger partial charge in [0.15, 0.2) is 6.61 Å². The summed E-state index contributed by atoms with van der Waals surface area (Å²) in [4.78, 5) is 12.2. The second-order valence-electron chi connectivity index (χ2n) is 7.11. The molecule has 0 heterocycles. The number of carbonyl (C=O) groups is 1. The summed E-state index contributed by atoms with van der Waals surface area (Å²) in [5.74, 6) is 0.604. The molecule has 0 radical (unpaired) electrons. The zero-order chi connectivity index (χ0) is 17.5. The van der Waals surface area contributed by atoms with E-state index in [1.54, 1.807) is 0 Å². The molecule has 3 rings (SSSR count). The Kier molecular flexibility index (Phi) is 5.92. The molecule has 0 aliphatic heterocycles. The maximum atomic E-state index is 12.2. The average molecular weight is 341 g/mol. The van der Waals surface area contributed by atoms with Crippen LogP contribution in [0.4, 0.5) is 0 Å². The lowest BCUT2D eigenvalue weighted by atomic mass is 9.72. The number of carbonyl (C=O) groups excluding carboxylic acids is 1. The van der Waals surface area contributed by atoms with Gasteiger partial charge < -0.3 is 15.2 Å². The van der Waals surface area contributed by atoms with Gasteiger partial charge in [0.05, 0.1) is 0 Å². The molecule has 0 bridgehead atoms. The molecule has 2 aromatic rings. The van der Waals surface area contributed by atoms with Crippen LogP contribution in [0.3, 0.4) is 0 Å². The predicted octanol–water partition coefficient (Wildman–Crippen LogP) is 3.67. The van der Waals surface area contributed by atoms with E-state index in [0.717, 1.165) is 30.0 Å². The van der Waals surface area contributed by atoms with E-state index in [1.165, 1.54) is 19.3 Å². The van der Waals surface area contributed by atoms with Crippen LogP contribution >= 0.6 is 0 Å². The fourth-order valence-electron chi connectivity index (χ4n) is 3.80. The van der Waals surface area contributed by atoms with Gasteiger partial charge in [0.1, 0.15) is 5.75 Å². The largest absolute Gasteiger partial charge is 0.484 e. The molecular weight excluding hydrogens is 314 g/mol. The van der Waals surface area contributed by atoms with E-state index < -0.39 is 0 Å². The highest BCUT2D eigenvalue weighted by Gasteiger charge is 2.31. The highest BCUT2D eigenvalue weighted by Crippen LogP contribution is 2.38. The van der Waals surface area contributed by atoms with Gasteiger partial charge in [-0.3, -0.25) is 4.79 Å². The minimum absolute atomic E-state index is 0.0214. The number of amides is 1. The molecule has 0 atom stereocenters. The second kappa shape index (κ2) is 8.34. The van der Waals surface area contributed by atoms with Crippen molar-refractivity contribution < 1.29 is 14.6 Å². The van der Waals surface area contributed by atoms with Gasteiger partial charge in [-0.2, -0.15) is 0 Å². The molecule has 1 amide bonds. The van der Waals surface area contributed by atoms with Gasteiger partial charge in [0.2, 0.25) is 0 Å². The first-order valence-corrected chi connectivity index (χ1v) is 9.20. The summed E-state index contributed by atoms with van der Waals surface area (Å²) in [7, 11) is 0. The molecule has 1 aliphatic carbocycles. The Labute approximate surface area is 149 Å². The molecule has 4 heteroatoms. The van der Waals surface area contributed by atoms with Crippen LogP contribution in [-0.4, -0.2) is 30.8 Å². The number of hydrogen-bond acceptors (Lipinski definition) is 3. The van der Waals surface area contributed by atoms with Gasteiger partial charge in [-0.1, -0.05) is 49.6 Å². The van der Waals surface area contributed by atoms with Crippen molar-refractivity contribution in [3.8, 4) is 5.75 Å². The molecule has 0 spiro atoms. The van der Waals surface area contributed by atoms with E-state index in [-0.39, 0.29) is 24.5 Å². The van der Waals surface area contributed by atoms with Gasteiger partial charge in [-0.25, -0.2) is 0 Å². The third-order valence-electron chi connectivity index (χ3n) is 5.31. The Morgan fingerprint density at radius 1 is 1.08 bits per heavy atom. The monoisotopic (exact) mass is 341 g/mol. The lowest BCUT2D eigenvalue weighted by molar-refractivity contribution is -0.123. The molecule has 1 aliphatic rings. The minimum Gasteiger partial charge on any atom is -0.484 e. The standard InChI is InChI=1S/C21H27NO3/c23-13-12-21(10-4-1-5-11-21)16-22-20(24)15-25-19-9-8-17-6-2-3-7-18(17)14-19/h2-3,6-9,14,23H,1,4-5,10-13,15-16H2,(H,22,24). The molecule has 25 heavy (non-hydrogen) atoms. The van der Waals surface area contributed by atoms with Crippen LogP contribution in [0.25, 0.3) is 10.8 Å². The molecule has 134 valence electrons. The van der Waals surface area contributed by atoms with Crippen LogP contribution < -0.4 is 10.1 Å². The maximum Gasteiger partial charge on any atom is 0.257 e. The average Bonchev–Trinajstić information content (AvgIpc) is 2.65. The lowest BCUT2D eigenvalue weighted by Gasteiger charge is -2.37. The Bertz CT molecular complexity index is 702. The zero-order valence-electron chi connectivity index (χ0n) is 14.7. The van der Waals surface area contributed by atoms with Crippen molar-refractivity contribution in [2.75, 3.05) is 19.8 Å². The molecule has 4 nitrogen and oxygen atoms in total. The van der Waals surface area contributed by atoms with Crippen molar-refractivity contribution in [2.45, 2.75) is 38.5 Å². The quantitative estimate of drug-likeness (QED) is 0.808. The van der Waals surface area contributed by atoms with Gasteiger partial charge in [-0.05, 0) is 47.6 Å². The molecular formula is C21H27NO3. The fourth-order valence-corrected chi connectivity index (χ4v) is 3.80. The van der Waals surface area contributed by atoms with Crippen molar-refractivity contribution in [3.63, 3.8) is 0 Å². The Balaban J connectivity index is 1.51. The number of fused-ring (bicyclic) bond motifs is 1. The van der Waals surface area contributed by atoms with Crippen molar-refractivity contribution in [3.05, 3.63) is 42.5 Å². The fraction of sp³-hybridized carbons (Fsp3) is 0.476. The number of ether oxygens (including phenoxy) is 1. The van der Waals surface area contributed by atoms with Crippen LogP contribution in [0.15, 0.2) is 42.5 Å². The maximum absolute atomic E-state index is 12.2. The predicted molar refractivity (Wildman–Crippen MR) is 99.7 cm³/mol. The summed E-state index contributed by atoms with van der Waals surface area (Å²) >= 11 is 0. The molecule has 2 N–H and O–H groups in total. The summed E-state index contributed by atoms with van der Waals surface area (Å²) < 4.78 is 5.65. The number of aliphatic hydroxyl groups excluding tert-OH is 1. The van der Waals surface area contributed by atoms with Crippen LogP contribution in [0.2, 0.25) is 0 Å². The van der Waals surface area contributed by atoms with Crippen LogP contribution in [-0.2, 0) is 4.79 Å². The van der Waals surface area contributed by atoms with E-state index in [0.29, 0.717) is 12.3 Å². The van der Waals surface area contributed by atoms with Crippen molar-refractivity contribution >= 4 is 16.7 Å². The highest BCUT2D eigenvalue weighted by molar-refractivity contribution is 5.84. The SMILES string of the molecule is O=C(COc1ccc2ccccc2c1)NCC1(CCO)CCCCC1. The van der Waals surface area contributed by atoms with E-state index >= 15 is 0 Å². The van der Waals surface area contributed by atoms with E-state index in [1.807, 2.05) is 36.4 Å². The normalized spacial score (nSPS) is 16.5. The summed E-state index contributed by atoms with van der Waals surface area (Å²) in [5, 5.41) is 14.6. The first kappa shape index (κ1) is 17.7. The van der Waals surface area contributed by atoms with E-state index in [9.17, 15) is 9.90 Å². The summed E-state index contributed by atoms with van der Waals surface area (Å²) in [5.41, 5.74) is 0.0611. The highest BCUT2D eigenvalue weighted by atomic mass is 16.5. The number of hydrogen-bond donors (Lipinski definition) is 2. The first-order chi connectivity index (χ1) is 12.2. The smallest absolute Gasteiger partial charge is 0.257 e. The van der Waals surface area contributed by atoms with E-state index in [4.69, 9.17) is 4.74 Å². The zero-order valence-corrected chi connectivity index (χ0v) is 14.7. The Morgan fingerprint density at radius 3 is 2.60 bits per heavy atom. The third kappa shape index (κ3) is 4.73. The number of benzene rings is 2. The van der Waals surface area contributed by atoms with Gasteiger partial charge in [-0.15, -0.1) is 0 Å². The number of aliphatic hydroxyl groups is 1. The van der Waals surface area contributed by atoms with Crippen molar-refractivity contribution in [2.24, 2.45) is 5.41 Å². The van der Waals surface area contributed by atoms with Gasteiger partial charge >= 0.3 is 0 Å². The van der Waals surface area contributed by atoms with Crippen LogP contribution in [0, 0.1) is 5.41 Å².